The number of alkyl halides is 4. The van der Waals surface area contributed by atoms with Crippen molar-refractivity contribution in [2.45, 2.75) is 23.5 Å². The summed E-state index contributed by atoms with van der Waals surface area (Å²) in [6.07, 6.45) is -5.68. The summed E-state index contributed by atoms with van der Waals surface area (Å²) in [6, 6.07) is 7.22. The second-order valence-corrected chi connectivity index (χ2v) is 10.3. The zero-order valence-corrected chi connectivity index (χ0v) is 19.7. The Balaban J connectivity index is 1.32. The normalized spacial score (nSPS) is 21.6. The first-order valence-corrected chi connectivity index (χ1v) is 12.3. The third kappa shape index (κ3) is 5.93. The predicted molar refractivity (Wildman–Crippen MR) is 116 cm³/mol. The van der Waals surface area contributed by atoms with Crippen LogP contribution in [0, 0.1) is 11.7 Å². The first-order valence-electron chi connectivity index (χ1n) is 10.7. The van der Waals surface area contributed by atoms with Gasteiger partial charge in [0.25, 0.3) is 5.91 Å². The molecule has 2 fully saturated rings. The first-order chi connectivity index (χ1) is 17.1. The van der Waals surface area contributed by atoms with Crippen molar-refractivity contribution in [2.24, 2.45) is 11.1 Å². The molecule has 0 spiro atoms. The van der Waals surface area contributed by atoms with Crippen LogP contribution in [0.3, 0.4) is 0 Å². The largest absolute Gasteiger partial charge is 0.573 e. The Kier molecular flexibility index (Phi) is 6.79. The molecule has 2 aliphatic rings. The van der Waals surface area contributed by atoms with Gasteiger partial charge in [0.05, 0.1) is 23.5 Å². The van der Waals surface area contributed by atoms with Gasteiger partial charge in [0, 0.05) is 19.0 Å². The van der Waals surface area contributed by atoms with E-state index in [1.165, 1.54) is 12.1 Å². The quantitative estimate of drug-likeness (QED) is 0.573. The van der Waals surface area contributed by atoms with Crippen LogP contribution in [0.15, 0.2) is 47.4 Å². The van der Waals surface area contributed by atoms with Crippen molar-refractivity contribution >= 4 is 22.0 Å². The average Bonchev–Trinajstić information content (AvgIpc) is 3.28. The molecule has 2 heterocycles. The fraction of sp³-hybridized carbons (Fsp3) is 0.364. The summed E-state index contributed by atoms with van der Waals surface area (Å²) in [5.41, 5.74) is -2.04. The SMILES string of the molecule is NS(=O)(=O)c1ccc(C(=O)N2CC3CN(C(=O)OCc4ccc(OC(F)(F)F)cc4)C[C@]3(F)C2)c(F)c1. The van der Waals surface area contributed by atoms with Crippen molar-refractivity contribution < 1.29 is 49.4 Å². The van der Waals surface area contributed by atoms with Crippen molar-refractivity contribution in [2.75, 3.05) is 26.2 Å². The Labute approximate surface area is 207 Å². The number of ether oxygens (including phenoxy) is 2. The van der Waals surface area contributed by atoms with Crippen LogP contribution >= 0.6 is 0 Å². The van der Waals surface area contributed by atoms with E-state index in [4.69, 9.17) is 9.88 Å². The van der Waals surface area contributed by atoms with E-state index in [9.17, 15) is 35.6 Å². The van der Waals surface area contributed by atoms with E-state index < -0.39 is 68.5 Å². The summed E-state index contributed by atoms with van der Waals surface area (Å²) in [4.78, 5) is 26.9. The molecule has 2 N–H and O–H groups in total. The fourth-order valence-electron chi connectivity index (χ4n) is 4.32. The van der Waals surface area contributed by atoms with Crippen LogP contribution in [-0.2, 0) is 21.4 Å². The Morgan fingerprint density at radius 3 is 2.24 bits per heavy atom. The van der Waals surface area contributed by atoms with Crippen LogP contribution in [0.5, 0.6) is 5.75 Å². The van der Waals surface area contributed by atoms with Crippen molar-refractivity contribution in [1.82, 2.24) is 9.80 Å². The molecule has 2 saturated heterocycles. The lowest BCUT2D eigenvalue weighted by atomic mass is 9.97. The number of nitrogens with zero attached hydrogens (tertiary/aromatic N) is 2. The third-order valence-corrected chi connectivity index (χ3v) is 7.00. The number of hydrogen-bond donors (Lipinski definition) is 1. The number of hydrogen-bond acceptors (Lipinski definition) is 6. The highest BCUT2D eigenvalue weighted by molar-refractivity contribution is 7.89. The molecular weight excluding hydrogens is 529 g/mol. The molecule has 2 aromatic rings. The maximum atomic E-state index is 15.6. The molecule has 2 amide bonds. The number of fused-ring (bicyclic) bond motifs is 1. The van der Waals surface area contributed by atoms with Gasteiger partial charge >= 0.3 is 12.5 Å². The van der Waals surface area contributed by atoms with Crippen LogP contribution in [0.1, 0.15) is 15.9 Å². The van der Waals surface area contributed by atoms with Gasteiger partial charge in [0.2, 0.25) is 10.0 Å². The molecule has 1 unspecified atom stereocenters. The summed E-state index contributed by atoms with van der Waals surface area (Å²) < 4.78 is 98.2. The van der Waals surface area contributed by atoms with Gasteiger partial charge in [-0.3, -0.25) is 4.79 Å². The van der Waals surface area contributed by atoms with Gasteiger partial charge in [-0.2, -0.15) is 0 Å². The number of nitrogens with two attached hydrogens (primary N) is 1. The van der Waals surface area contributed by atoms with E-state index in [0.717, 1.165) is 34.1 Å². The van der Waals surface area contributed by atoms with Gasteiger partial charge < -0.3 is 19.3 Å². The Hall–Kier alpha value is -3.46. The predicted octanol–water partition coefficient (Wildman–Crippen LogP) is 2.80. The summed E-state index contributed by atoms with van der Waals surface area (Å²) in [5, 5.41) is 4.95. The Bertz CT molecular complexity index is 1320. The smallest absolute Gasteiger partial charge is 0.445 e. The van der Waals surface area contributed by atoms with Crippen LogP contribution < -0.4 is 9.88 Å². The average molecular weight is 549 g/mol. The molecule has 0 bridgehead atoms. The van der Waals surface area contributed by atoms with Gasteiger partial charge in [-0.25, -0.2) is 27.1 Å². The summed E-state index contributed by atoms with van der Waals surface area (Å²) in [5.74, 6) is -3.16. The van der Waals surface area contributed by atoms with Crippen molar-refractivity contribution in [3.05, 3.63) is 59.4 Å². The molecule has 2 aromatic carbocycles. The van der Waals surface area contributed by atoms with Crippen molar-refractivity contribution in [1.29, 1.82) is 0 Å². The number of primary sulfonamides is 1. The third-order valence-electron chi connectivity index (χ3n) is 6.08. The molecule has 0 aliphatic carbocycles. The number of carbonyl (C=O) groups excluding carboxylic acids is 2. The standard InChI is InChI=1S/C22H20F5N3O6S/c23-18-7-16(37(28,33)34)5-6-17(18)19(31)29-8-14-9-30(12-21(14,24)11-29)20(32)35-10-13-1-3-15(4-2-13)36-22(25,26)27/h1-7,14H,8-12H2,(H2,28,33,34)/t14?,21-/m1/s1. The highest BCUT2D eigenvalue weighted by Crippen LogP contribution is 2.39. The minimum atomic E-state index is -4.84. The minimum Gasteiger partial charge on any atom is -0.445 e. The van der Waals surface area contributed by atoms with E-state index in [-0.39, 0.29) is 26.2 Å². The fourth-order valence-corrected chi connectivity index (χ4v) is 4.85. The molecule has 2 atom stereocenters. The van der Waals surface area contributed by atoms with E-state index in [1.807, 2.05) is 0 Å². The molecular formula is C22H20F5N3O6S. The molecule has 37 heavy (non-hydrogen) atoms. The summed E-state index contributed by atoms with van der Waals surface area (Å²) in [7, 11) is -4.18. The van der Waals surface area contributed by atoms with Gasteiger partial charge in [-0.15, -0.1) is 13.2 Å². The highest BCUT2D eigenvalue weighted by atomic mass is 32.2. The summed E-state index contributed by atoms with van der Waals surface area (Å²) >= 11 is 0. The molecule has 15 heteroatoms. The molecule has 9 nitrogen and oxygen atoms in total. The number of likely N-dealkylation sites (tertiary alicyclic amines) is 2. The van der Waals surface area contributed by atoms with Gasteiger partial charge in [-0.1, -0.05) is 12.1 Å². The zero-order chi connectivity index (χ0) is 27.2. The second-order valence-electron chi connectivity index (χ2n) is 8.73. The number of carbonyl (C=O) groups is 2. The van der Waals surface area contributed by atoms with Gasteiger partial charge in [-0.05, 0) is 35.9 Å². The van der Waals surface area contributed by atoms with E-state index in [0.29, 0.717) is 11.6 Å². The number of benzene rings is 2. The minimum absolute atomic E-state index is 0.0791. The molecule has 200 valence electrons. The van der Waals surface area contributed by atoms with Crippen LogP contribution in [-0.4, -0.2) is 68.4 Å². The van der Waals surface area contributed by atoms with Gasteiger partial charge in [0.1, 0.15) is 18.2 Å². The molecule has 2 aliphatic heterocycles. The van der Waals surface area contributed by atoms with Gasteiger partial charge in [0.15, 0.2) is 5.67 Å². The molecule has 4 rings (SSSR count). The highest BCUT2D eigenvalue weighted by Gasteiger charge is 2.56. The van der Waals surface area contributed by atoms with Crippen molar-refractivity contribution in [3.8, 4) is 5.75 Å². The number of sulfonamides is 1. The summed E-state index contributed by atoms with van der Waals surface area (Å²) in [6.45, 7) is -1.27. The number of halogens is 5. The number of amides is 2. The monoisotopic (exact) mass is 549 g/mol. The van der Waals surface area contributed by atoms with E-state index in [2.05, 4.69) is 4.74 Å². The van der Waals surface area contributed by atoms with Crippen LogP contribution in [0.4, 0.5) is 26.7 Å². The first kappa shape index (κ1) is 26.6. The second kappa shape index (κ2) is 9.45. The molecule has 0 saturated carbocycles. The van der Waals surface area contributed by atoms with Crippen LogP contribution in [0.25, 0.3) is 0 Å². The van der Waals surface area contributed by atoms with Crippen molar-refractivity contribution in [3.63, 3.8) is 0 Å². The number of rotatable bonds is 5. The Morgan fingerprint density at radius 2 is 1.68 bits per heavy atom. The van der Waals surface area contributed by atoms with Crippen LogP contribution in [0.2, 0.25) is 0 Å². The lowest BCUT2D eigenvalue weighted by molar-refractivity contribution is -0.274. The van der Waals surface area contributed by atoms with E-state index in [1.54, 1.807) is 0 Å². The lowest BCUT2D eigenvalue weighted by Gasteiger charge is -2.23. The topological polar surface area (TPSA) is 119 Å². The molecule has 0 aromatic heterocycles. The van der Waals surface area contributed by atoms with E-state index >= 15 is 4.39 Å². The Morgan fingerprint density at radius 1 is 1.05 bits per heavy atom. The maximum Gasteiger partial charge on any atom is 0.573 e. The maximum absolute atomic E-state index is 15.6. The lowest BCUT2D eigenvalue weighted by Crippen LogP contribution is -2.40. The molecule has 0 radical (unpaired) electrons. The zero-order valence-electron chi connectivity index (χ0n) is 18.9.